The number of halogens is 5. The molecule has 0 saturated carbocycles. The zero-order valence-electron chi connectivity index (χ0n) is 10.9. The van der Waals surface area contributed by atoms with Crippen molar-refractivity contribution in [2.75, 3.05) is 0 Å². The van der Waals surface area contributed by atoms with Crippen LogP contribution in [-0.4, -0.2) is 5.11 Å². The predicted octanol–water partition coefficient (Wildman–Crippen LogP) is 4.24. The lowest BCUT2D eigenvalue weighted by atomic mass is 9.87. The Morgan fingerprint density at radius 2 is 1.43 bits per heavy atom. The highest BCUT2D eigenvalue weighted by molar-refractivity contribution is 5.39. The highest BCUT2D eigenvalue weighted by atomic mass is 19.4. The maximum atomic E-state index is 13.7. The number of hydrogen-bond acceptors (Lipinski definition) is 1. The second kappa shape index (κ2) is 5.11. The summed E-state index contributed by atoms with van der Waals surface area (Å²) in [5, 5.41) is 10.4. The van der Waals surface area contributed by atoms with E-state index in [1.54, 1.807) is 0 Å². The van der Waals surface area contributed by atoms with Gasteiger partial charge in [-0.25, -0.2) is 8.78 Å². The number of rotatable bonds is 2. The van der Waals surface area contributed by atoms with Gasteiger partial charge in [0.25, 0.3) is 0 Å². The highest BCUT2D eigenvalue weighted by Crippen LogP contribution is 2.36. The van der Waals surface area contributed by atoms with Crippen molar-refractivity contribution in [1.29, 1.82) is 0 Å². The number of benzene rings is 2. The van der Waals surface area contributed by atoms with Crippen LogP contribution in [0.4, 0.5) is 22.0 Å². The van der Waals surface area contributed by atoms with Crippen LogP contribution in [0.2, 0.25) is 0 Å². The van der Waals surface area contributed by atoms with Gasteiger partial charge in [-0.2, -0.15) is 13.2 Å². The largest absolute Gasteiger partial charge is 0.419 e. The van der Waals surface area contributed by atoms with Crippen LogP contribution in [-0.2, 0) is 11.8 Å². The first kappa shape index (κ1) is 15.4. The molecule has 2 aromatic rings. The van der Waals surface area contributed by atoms with E-state index in [4.69, 9.17) is 0 Å². The molecule has 112 valence electrons. The molecule has 0 aliphatic rings. The summed E-state index contributed by atoms with van der Waals surface area (Å²) in [5.41, 5.74) is -3.96. The molecule has 0 heterocycles. The summed E-state index contributed by atoms with van der Waals surface area (Å²) in [5.74, 6) is -2.21. The van der Waals surface area contributed by atoms with Gasteiger partial charge in [-0.15, -0.1) is 0 Å². The van der Waals surface area contributed by atoms with Crippen molar-refractivity contribution in [2.24, 2.45) is 0 Å². The minimum Gasteiger partial charge on any atom is -0.381 e. The quantitative estimate of drug-likeness (QED) is 0.823. The molecule has 0 aromatic heterocycles. The van der Waals surface area contributed by atoms with Crippen molar-refractivity contribution in [3.05, 3.63) is 70.8 Å². The molecule has 21 heavy (non-hydrogen) atoms. The maximum Gasteiger partial charge on any atom is 0.419 e. The number of alkyl halides is 3. The highest BCUT2D eigenvalue weighted by Gasteiger charge is 2.37. The summed E-state index contributed by atoms with van der Waals surface area (Å²) in [6.45, 7) is 1.15. The van der Waals surface area contributed by atoms with Gasteiger partial charge in [0.15, 0.2) is 0 Å². The van der Waals surface area contributed by atoms with Gasteiger partial charge < -0.3 is 5.11 Å². The zero-order valence-corrected chi connectivity index (χ0v) is 10.9. The molecule has 1 nitrogen and oxygen atoms in total. The van der Waals surface area contributed by atoms with E-state index in [9.17, 15) is 27.1 Å². The van der Waals surface area contributed by atoms with Gasteiger partial charge in [-0.1, -0.05) is 24.3 Å². The van der Waals surface area contributed by atoms with Gasteiger partial charge in [-0.3, -0.25) is 0 Å². The van der Waals surface area contributed by atoms with Crippen LogP contribution in [0.15, 0.2) is 42.5 Å². The fraction of sp³-hybridized carbons (Fsp3) is 0.200. The first-order valence-electron chi connectivity index (χ1n) is 5.98. The van der Waals surface area contributed by atoms with E-state index in [1.807, 2.05) is 0 Å². The molecule has 0 aliphatic heterocycles. The summed E-state index contributed by atoms with van der Waals surface area (Å²) < 4.78 is 65.1. The van der Waals surface area contributed by atoms with Gasteiger partial charge in [-0.05, 0) is 30.7 Å². The van der Waals surface area contributed by atoms with Crippen LogP contribution < -0.4 is 0 Å². The molecule has 1 atom stereocenters. The smallest absolute Gasteiger partial charge is 0.381 e. The van der Waals surface area contributed by atoms with Crippen molar-refractivity contribution in [2.45, 2.75) is 18.7 Å². The first-order valence-corrected chi connectivity index (χ1v) is 5.98. The second-order valence-corrected chi connectivity index (χ2v) is 4.74. The van der Waals surface area contributed by atoms with Crippen LogP contribution >= 0.6 is 0 Å². The SMILES string of the molecule is CC(O)(c1ccc(F)c(C(F)(F)F)c1)c1ccccc1F. The van der Waals surface area contributed by atoms with Crippen molar-refractivity contribution in [3.8, 4) is 0 Å². The lowest BCUT2D eigenvalue weighted by Gasteiger charge is -2.26. The van der Waals surface area contributed by atoms with Crippen molar-refractivity contribution >= 4 is 0 Å². The summed E-state index contributed by atoms with van der Waals surface area (Å²) >= 11 is 0. The van der Waals surface area contributed by atoms with E-state index in [2.05, 4.69) is 0 Å². The van der Waals surface area contributed by atoms with E-state index in [1.165, 1.54) is 18.2 Å². The Morgan fingerprint density at radius 3 is 2.00 bits per heavy atom. The Labute approximate surface area is 117 Å². The molecule has 0 aliphatic carbocycles. The molecular weight excluding hydrogens is 291 g/mol. The molecule has 2 aromatic carbocycles. The fourth-order valence-corrected chi connectivity index (χ4v) is 2.06. The van der Waals surface area contributed by atoms with Gasteiger partial charge >= 0.3 is 6.18 Å². The fourth-order valence-electron chi connectivity index (χ4n) is 2.06. The third kappa shape index (κ3) is 2.90. The van der Waals surface area contributed by atoms with Crippen molar-refractivity contribution in [1.82, 2.24) is 0 Å². The van der Waals surface area contributed by atoms with E-state index in [-0.39, 0.29) is 11.1 Å². The van der Waals surface area contributed by atoms with Gasteiger partial charge in [0, 0.05) is 5.56 Å². The standard InChI is InChI=1S/C15H11F5O/c1-14(21,10-4-2-3-5-12(10)16)9-6-7-13(17)11(8-9)15(18,19)20/h2-8,21H,1H3. The summed E-state index contributed by atoms with van der Waals surface area (Å²) in [7, 11) is 0. The minimum atomic E-state index is -4.90. The van der Waals surface area contributed by atoms with E-state index >= 15 is 0 Å². The summed E-state index contributed by atoms with van der Waals surface area (Å²) in [6, 6.07) is 7.26. The molecule has 0 spiro atoms. The van der Waals surface area contributed by atoms with E-state index in [0.29, 0.717) is 12.1 Å². The Hall–Kier alpha value is -1.95. The van der Waals surface area contributed by atoms with Crippen LogP contribution in [0.25, 0.3) is 0 Å². The molecule has 0 radical (unpaired) electrons. The Kier molecular flexibility index (Phi) is 3.76. The third-order valence-electron chi connectivity index (χ3n) is 3.23. The molecule has 0 bridgehead atoms. The molecule has 1 N–H and O–H groups in total. The van der Waals surface area contributed by atoms with E-state index < -0.39 is 29.0 Å². The monoisotopic (exact) mass is 302 g/mol. The first-order chi connectivity index (χ1) is 9.64. The Balaban J connectivity index is 2.59. The average Bonchev–Trinajstić information content (AvgIpc) is 2.37. The van der Waals surface area contributed by atoms with Crippen LogP contribution in [0, 0.1) is 11.6 Å². The lowest BCUT2D eigenvalue weighted by molar-refractivity contribution is -0.140. The molecular formula is C15H11F5O. The van der Waals surface area contributed by atoms with Crippen molar-refractivity contribution in [3.63, 3.8) is 0 Å². The second-order valence-electron chi connectivity index (χ2n) is 4.74. The molecule has 6 heteroatoms. The number of hydrogen-bond donors (Lipinski definition) is 1. The van der Waals surface area contributed by atoms with Crippen LogP contribution in [0.3, 0.4) is 0 Å². The molecule has 0 amide bonds. The van der Waals surface area contributed by atoms with E-state index in [0.717, 1.165) is 19.1 Å². The summed E-state index contributed by atoms with van der Waals surface area (Å²) in [6.07, 6.45) is -4.90. The number of aliphatic hydroxyl groups is 1. The zero-order chi connectivity index (χ0) is 15.8. The van der Waals surface area contributed by atoms with Crippen LogP contribution in [0.1, 0.15) is 23.6 Å². The Morgan fingerprint density at radius 1 is 0.857 bits per heavy atom. The van der Waals surface area contributed by atoms with Gasteiger partial charge in [0.05, 0.1) is 5.56 Å². The molecule has 1 unspecified atom stereocenters. The van der Waals surface area contributed by atoms with Crippen LogP contribution in [0.5, 0.6) is 0 Å². The molecule has 0 saturated heterocycles. The van der Waals surface area contributed by atoms with Gasteiger partial charge in [0.2, 0.25) is 0 Å². The average molecular weight is 302 g/mol. The topological polar surface area (TPSA) is 20.2 Å². The third-order valence-corrected chi connectivity index (χ3v) is 3.23. The van der Waals surface area contributed by atoms with Gasteiger partial charge in [0.1, 0.15) is 17.2 Å². The Bertz CT molecular complexity index is 661. The molecule has 0 fully saturated rings. The minimum absolute atomic E-state index is 0.190. The predicted molar refractivity (Wildman–Crippen MR) is 66.5 cm³/mol. The summed E-state index contributed by atoms with van der Waals surface area (Å²) in [4.78, 5) is 0. The lowest BCUT2D eigenvalue weighted by Crippen LogP contribution is -2.25. The van der Waals surface area contributed by atoms with Crippen molar-refractivity contribution < 1.29 is 27.1 Å². The normalized spacial score (nSPS) is 14.8. The maximum absolute atomic E-state index is 13.7. The molecule has 2 rings (SSSR count).